The van der Waals surface area contributed by atoms with Gasteiger partial charge in [-0.2, -0.15) is 0 Å². The van der Waals surface area contributed by atoms with Gasteiger partial charge in [0.15, 0.2) is 0 Å². The first-order valence-electron chi connectivity index (χ1n) is 18.4. The van der Waals surface area contributed by atoms with Crippen LogP contribution in [0.15, 0.2) is 217 Å². The quantitative estimate of drug-likeness (QED) is 0.166. The van der Waals surface area contributed by atoms with Crippen molar-refractivity contribution in [1.29, 1.82) is 0 Å². The Morgan fingerprint density at radius 2 is 0.796 bits per heavy atom. The maximum absolute atomic E-state index is 6.43. The van der Waals surface area contributed by atoms with Crippen molar-refractivity contribution in [1.82, 2.24) is 0 Å². The molecule has 0 amide bonds. The number of hydrogen-bond donors (Lipinski definition) is 0. The molecule has 10 aromatic rings. The van der Waals surface area contributed by atoms with Crippen molar-refractivity contribution in [2.75, 3.05) is 4.90 Å². The smallest absolute Gasteiger partial charge is 0.143 e. The van der Waals surface area contributed by atoms with Crippen molar-refractivity contribution in [2.24, 2.45) is 0 Å². The van der Waals surface area contributed by atoms with Crippen LogP contribution >= 0.6 is 0 Å². The van der Waals surface area contributed by atoms with E-state index < -0.39 is 0 Å². The van der Waals surface area contributed by atoms with E-state index in [1.54, 1.807) is 0 Å². The molecule has 0 N–H and O–H groups in total. The van der Waals surface area contributed by atoms with Crippen molar-refractivity contribution in [3.05, 3.63) is 212 Å². The Balaban J connectivity index is 1.09. The summed E-state index contributed by atoms with van der Waals surface area (Å²) >= 11 is 0. The third-order valence-corrected chi connectivity index (χ3v) is 10.4. The minimum absolute atomic E-state index is 0.907. The summed E-state index contributed by atoms with van der Waals surface area (Å²) in [4.78, 5) is 2.37. The van der Waals surface area contributed by atoms with Gasteiger partial charge in [0.25, 0.3) is 0 Å². The number of rotatable bonds is 7. The maximum atomic E-state index is 6.43. The van der Waals surface area contributed by atoms with Crippen molar-refractivity contribution in [3.8, 4) is 44.5 Å². The monoisotopic (exact) mass is 689 g/mol. The average molecular weight is 690 g/mol. The van der Waals surface area contributed by atoms with Gasteiger partial charge in [-0.15, -0.1) is 0 Å². The summed E-state index contributed by atoms with van der Waals surface area (Å²) < 4.78 is 6.43. The third-order valence-electron chi connectivity index (χ3n) is 10.4. The van der Waals surface area contributed by atoms with Crippen molar-refractivity contribution < 1.29 is 4.42 Å². The molecule has 254 valence electrons. The number of para-hydroxylation sites is 2. The van der Waals surface area contributed by atoms with E-state index in [1.165, 1.54) is 33.0 Å². The molecule has 54 heavy (non-hydrogen) atoms. The zero-order valence-corrected chi connectivity index (χ0v) is 29.6. The summed E-state index contributed by atoms with van der Waals surface area (Å²) in [5.74, 6) is 0. The normalized spacial score (nSPS) is 11.3. The van der Waals surface area contributed by atoms with Crippen LogP contribution in [0.5, 0.6) is 0 Å². The fraction of sp³-hybridized carbons (Fsp3) is 0. The molecule has 10 rings (SSSR count). The molecule has 0 saturated heterocycles. The fourth-order valence-electron chi connectivity index (χ4n) is 7.76. The molecule has 1 aromatic heterocycles. The summed E-state index contributed by atoms with van der Waals surface area (Å²) in [6.07, 6.45) is 0. The lowest BCUT2D eigenvalue weighted by Gasteiger charge is -2.27. The van der Waals surface area contributed by atoms with Gasteiger partial charge in [-0.05, 0) is 104 Å². The molecule has 2 heteroatoms. The fourth-order valence-corrected chi connectivity index (χ4v) is 7.76. The van der Waals surface area contributed by atoms with E-state index >= 15 is 0 Å². The van der Waals surface area contributed by atoms with E-state index in [-0.39, 0.29) is 0 Å². The third kappa shape index (κ3) is 5.81. The molecule has 0 saturated carbocycles. The van der Waals surface area contributed by atoms with Crippen LogP contribution in [0.2, 0.25) is 0 Å². The van der Waals surface area contributed by atoms with E-state index in [2.05, 4.69) is 205 Å². The van der Waals surface area contributed by atoms with Crippen LogP contribution in [0.3, 0.4) is 0 Å². The molecule has 0 aliphatic rings. The molecule has 0 atom stereocenters. The number of anilines is 3. The van der Waals surface area contributed by atoms with E-state index in [0.717, 1.165) is 61.3 Å². The number of hydrogen-bond acceptors (Lipinski definition) is 2. The van der Waals surface area contributed by atoms with E-state index in [0.29, 0.717) is 0 Å². The molecule has 0 aliphatic carbocycles. The van der Waals surface area contributed by atoms with E-state index in [4.69, 9.17) is 4.42 Å². The molecular formula is C52H35NO. The zero-order chi connectivity index (χ0) is 35.8. The second-order valence-electron chi connectivity index (χ2n) is 13.8. The lowest BCUT2D eigenvalue weighted by Crippen LogP contribution is -2.10. The Labute approximate surface area is 314 Å². The minimum Gasteiger partial charge on any atom is -0.455 e. The largest absolute Gasteiger partial charge is 0.455 e. The van der Waals surface area contributed by atoms with Crippen molar-refractivity contribution >= 4 is 49.8 Å². The molecule has 9 aromatic carbocycles. The van der Waals surface area contributed by atoms with E-state index in [9.17, 15) is 0 Å². The van der Waals surface area contributed by atoms with Gasteiger partial charge in [0, 0.05) is 33.4 Å². The Hall–Kier alpha value is -7.16. The Bertz CT molecular complexity index is 2960. The van der Waals surface area contributed by atoms with Crippen LogP contribution in [-0.2, 0) is 0 Å². The predicted molar refractivity (Wildman–Crippen MR) is 228 cm³/mol. The molecule has 0 fully saturated rings. The first-order valence-corrected chi connectivity index (χ1v) is 18.4. The van der Waals surface area contributed by atoms with Crippen molar-refractivity contribution in [2.45, 2.75) is 0 Å². The van der Waals surface area contributed by atoms with Crippen LogP contribution in [-0.4, -0.2) is 0 Å². The zero-order valence-electron chi connectivity index (χ0n) is 29.6. The number of fused-ring (bicyclic) bond motifs is 4. The van der Waals surface area contributed by atoms with Crippen LogP contribution < -0.4 is 4.90 Å². The molecule has 0 radical (unpaired) electrons. The maximum Gasteiger partial charge on any atom is 0.143 e. The lowest BCUT2D eigenvalue weighted by molar-refractivity contribution is 0.670. The molecule has 0 bridgehead atoms. The van der Waals surface area contributed by atoms with Crippen LogP contribution in [0, 0.1) is 0 Å². The molecule has 2 nitrogen and oxygen atoms in total. The summed E-state index contributed by atoms with van der Waals surface area (Å²) in [7, 11) is 0. The second-order valence-corrected chi connectivity index (χ2v) is 13.8. The Morgan fingerprint density at radius 1 is 0.296 bits per heavy atom. The van der Waals surface area contributed by atoms with Gasteiger partial charge in [-0.25, -0.2) is 0 Å². The molecule has 0 aliphatic heterocycles. The van der Waals surface area contributed by atoms with E-state index in [1.807, 2.05) is 12.1 Å². The van der Waals surface area contributed by atoms with Crippen LogP contribution in [0.25, 0.3) is 77.2 Å². The highest BCUT2D eigenvalue weighted by molar-refractivity contribution is 6.09. The summed E-state index contributed by atoms with van der Waals surface area (Å²) in [5, 5.41) is 4.75. The molecule has 0 unspecified atom stereocenters. The highest BCUT2D eigenvalue weighted by Crippen LogP contribution is 2.41. The molecular weight excluding hydrogens is 655 g/mol. The average Bonchev–Trinajstić information content (AvgIpc) is 3.63. The lowest BCUT2D eigenvalue weighted by atomic mass is 9.97. The first kappa shape index (κ1) is 31.6. The molecule has 0 spiro atoms. The van der Waals surface area contributed by atoms with Gasteiger partial charge < -0.3 is 9.32 Å². The summed E-state index contributed by atoms with van der Waals surface area (Å²) in [5.41, 5.74) is 14.3. The van der Waals surface area contributed by atoms with Gasteiger partial charge >= 0.3 is 0 Å². The Kier molecular flexibility index (Phi) is 7.85. The van der Waals surface area contributed by atoms with Crippen LogP contribution in [0.4, 0.5) is 17.1 Å². The topological polar surface area (TPSA) is 16.4 Å². The number of benzene rings is 9. The van der Waals surface area contributed by atoms with Gasteiger partial charge in [0.2, 0.25) is 0 Å². The standard InChI is InChI=1S/C52H35NO/c1-2-13-36(14-3-1)40-18-9-22-45(33-40)53(47-24-11-20-42(35-47)43-30-29-37-15-4-5-16-38(37)31-43)46-23-10-19-41(34-46)39-17-8-21-44(32-39)48-26-12-27-50-49-25-6-7-28-51(49)54-52(48)50/h1-35H. The first-order chi connectivity index (χ1) is 26.7. The Morgan fingerprint density at radius 3 is 1.52 bits per heavy atom. The summed E-state index contributed by atoms with van der Waals surface area (Å²) in [6, 6.07) is 76.0. The van der Waals surface area contributed by atoms with Crippen molar-refractivity contribution in [3.63, 3.8) is 0 Å². The van der Waals surface area contributed by atoms with Gasteiger partial charge in [0.05, 0.1) is 0 Å². The van der Waals surface area contributed by atoms with Crippen LogP contribution in [0.1, 0.15) is 0 Å². The minimum atomic E-state index is 0.907. The SMILES string of the molecule is c1ccc(-c2cccc(N(c3cccc(-c4cccc(-c5cccc6c5oc5ccccc56)c4)c3)c3cccc(-c4ccc5ccccc5c4)c3)c2)cc1. The summed E-state index contributed by atoms with van der Waals surface area (Å²) in [6.45, 7) is 0. The van der Waals surface area contributed by atoms with Gasteiger partial charge in [-0.3, -0.25) is 0 Å². The second kappa shape index (κ2) is 13.4. The number of furan rings is 1. The van der Waals surface area contributed by atoms with Gasteiger partial charge in [-0.1, -0.05) is 158 Å². The highest BCUT2D eigenvalue weighted by Gasteiger charge is 2.17. The van der Waals surface area contributed by atoms with Gasteiger partial charge in [0.1, 0.15) is 11.2 Å². The predicted octanol–water partition coefficient (Wildman–Crippen LogP) is 14.9. The molecule has 1 heterocycles. The number of nitrogens with zero attached hydrogens (tertiary/aromatic N) is 1. The highest BCUT2D eigenvalue weighted by atomic mass is 16.3.